The van der Waals surface area contributed by atoms with E-state index < -0.39 is 0 Å². The average Bonchev–Trinajstić information content (AvgIpc) is 2.29. The van der Waals surface area contributed by atoms with Crippen LogP contribution in [0.4, 0.5) is 0 Å². The van der Waals surface area contributed by atoms with Crippen LogP contribution in [0.5, 0.6) is 0 Å². The van der Waals surface area contributed by atoms with Gasteiger partial charge in [-0.1, -0.05) is 29.8 Å². The van der Waals surface area contributed by atoms with Crippen LogP contribution in [-0.2, 0) is 9.53 Å². The molecule has 0 aromatic heterocycles. The first-order valence-corrected chi connectivity index (χ1v) is 6.04. The van der Waals surface area contributed by atoms with Crippen molar-refractivity contribution in [3.63, 3.8) is 0 Å². The van der Waals surface area contributed by atoms with Gasteiger partial charge in [0, 0.05) is 13.5 Å². The van der Waals surface area contributed by atoms with E-state index in [1.165, 1.54) is 5.56 Å². The van der Waals surface area contributed by atoms with Crippen LogP contribution < -0.4 is 0 Å². The molecule has 0 spiro atoms. The first-order chi connectivity index (χ1) is 8.06. The van der Waals surface area contributed by atoms with Crippen LogP contribution in [0, 0.1) is 6.92 Å². The summed E-state index contributed by atoms with van der Waals surface area (Å²) in [5, 5.41) is 0. The zero-order valence-corrected chi connectivity index (χ0v) is 10.6. The van der Waals surface area contributed by atoms with Crippen molar-refractivity contribution in [2.24, 2.45) is 0 Å². The summed E-state index contributed by atoms with van der Waals surface area (Å²) in [6.07, 6.45) is 0.0993. The minimum atomic E-state index is 0.00301. The minimum Gasteiger partial charge on any atom is -0.367 e. The summed E-state index contributed by atoms with van der Waals surface area (Å²) in [5.41, 5.74) is 2.38. The van der Waals surface area contributed by atoms with Gasteiger partial charge >= 0.3 is 0 Å². The number of carbonyl (C=O) groups is 1. The molecule has 3 heteroatoms. The highest BCUT2D eigenvalue weighted by molar-refractivity contribution is 5.73. The standard InChI is InChI=1S/C14H19NO2/c1-10-4-6-13(7-5-10)14-9-15(12(3)16)8-11(2)17-14/h4-7,11,14H,8-9H2,1-3H3/t11-,14+/m0/s1. The predicted octanol–water partition coefficient (Wildman–Crippen LogP) is 2.30. The molecule has 1 aromatic rings. The number of hydrogen-bond acceptors (Lipinski definition) is 2. The van der Waals surface area contributed by atoms with E-state index in [1.54, 1.807) is 6.92 Å². The van der Waals surface area contributed by atoms with Gasteiger partial charge in [-0.15, -0.1) is 0 Å². The van der Waals surface area contributed by atoms with E-state index in [1.807, 2.05) is 11.8 Å². The van der Waals surface area contributed by atoms with Crippen LogP contribution in [0.1, 0.15) is 31.1 Å². The Balaban J connectivity index is 2.15. The van der Waals surface area contributed by atoms with Gasteiger partial charge in [-0.3, -0.25) is 4.79 Å². The molecule has 1 fully saturated rings. The number of benzene rings is 1. The minimum absolute atomic E-state index is 0.00301. The Morgan fingerprint density at radius 3 is 2.53 bits per heavy atom. The van der Waals surface area contributed by atoms with Gasteiger partial charge in [0.1, 0.15) is 6.10 Å². The fraction of sp³-hybridized carbons (Fsp3) is 0.500. The summed E-state index contributed by atoms with van der Waals surface area (Å²) in [7, 11) is 0. The maximum Gasteiger partial charge on any atom is 0.219 e. The Hall–Kier alpha value is -1.35. The monoisotopic (exact) mass is 233 g/mol. The number of carbonyl (C=O) groups excluding carboxylic acids is 1. The van der Waals surface area contributed by atoms with Crippen molar-refractivity contribution in [3.8, 4) is 0 Å². The fourth-order valence-electron chi connectivity index (χ4n) is 2.17. The van der Waals surface area contributed by atoms with Crippen molar-refractivity contribution >= 4 is 5.91 Å². The number of aryl methyl sites for hydroxylation is 1. The molecule has 1 aromatic carbocycles. The van der Waals surface area contributed by atoms with E-state index >= 15 is 0 Å². The number of hydrogen-bond donors (Lipinski definition) is 0. The smallest absolute Gasteiger partial charge is 0.219 e. The van der Waals surface area contributed by atoms with E-state index in [0.29, 0.717) is 13.1 Å². The van der Waals surface area contributed by atoms with E-state index in [2.05, 4.69) is 31.2 Å². The quantitative estimate of drug-likeness (QED) is 0.745. The summed E-state index contributed by atoms with van der Waals surface area (Å²) in [5.74, 6) is 0.122. The largest absolute Gasteiger partial charge is 0.367 e. The van der Waals surface area contributed by atoms with Crippen molar-refractivity contribution in [2.45, 2.75) is 33.0 Å². The lowest BCUT2D eigenvalue weighted by atomic mass is 10.0. The first kappa shape index (κ1) is 12.1. The zero-order valence-electron chi connectivity index (χ0n) is 10.6. The number of amides is 1. The third-order valence-electron chi connectivity index (χ3n) is 3.15. The lowest BCUT2D eigenvalue weighted by molar-refractivity contribution is -0.142. The Bertz CT molecular complexity index is 399. The second kappa shape index (κ2) is 4.88. The molecule has 17 heavy (non-hydrogen) atoms. The Morgan fingerprint density at radius 2 is 1.94 bits per heavy atom. The topological polar surface area (TPSA) is 29.5 Å². The van der Waals surface area contributed by atoms with Gasteiger partial charge < -0.3 is 9.64 Å². The van der Waals surface area contributed by atoms with Crippen LogP contribution in [0.2, 0.25) is 0 Å². The molecule has 1 aliphatic heterocycles. The van der Waals surface area contributed by atoms with Gasteiger partial charge in [-0.25, -0.2) is 0 Å². The second-order valence-corrected chi connectivity index (χ2v) is 4.77. The van der Waals surface area contributed by atoms with Crippen LogP contribution in [0.25, 0.3) is 0 Å². The molecule has 2 atom stereocenters. The van der Waals surface area contributed by atoms with Crippen LogP contribution in [0.15, 0.2) is 24.3 Å². The molecule has 0 radical (unpaired) electrons. The third kappa shape index (κ3) is 2.86. The van der Waals surface area contributed by atoms with Crippen molar-refractivity contribution in [2.75, 3.05) is 13.1 Å². The highest BCUT2D eigenvalue weighted by atomic mass is 16.5. The van der Waals surface area contributed by atoms with E-state index in [9.17, 15) is 4.79 Å². The van der Waals surface area contributed by atoms with Crippen molar-refractivity contribution in [1.82, 2.24) is 4.90 Å². The lowest BCUT2D eigenvalue weighted by Gasteiger charge is -2.36. The zero-order chi connectivity index (χ0) is 12.4. The average molecular weight is 233 g/mol. The molecule has 0 N–H and O–H groups in total. The number of ether oxygens (including phenoxy) is 1. The van der Waals surface area contributed by atoms with Gasteiger partial charge in [-0.05, 0) is 19.4 Å². The second-order valence-electron chi connectivity index (χ2n) is 4.77. The van der Waals surface area contributed by atoms with E-state index in [4.69, 9.17) is 4.74 Å². The summed E-state index contributed by atoms with van der Waals surface area (Å²) in [6.45, 7) is 7.04. The summed E-state index contributed by atoms with van der Waals surface area (Å²) >= 11 is 0. The number of morpholine rings is 1. The van der Waals surface area contributed by atoms with E-state index in [-0.39, 0.29) is 18.1 Å². The van der Waals surface area contributed by atoms with Crippen molar-refractivity contribution in [3.05, 3.63) is 35.4 Å². The molecule has 0 unspecified atom stereocenters. The van der Waals surface area contributed by atoms with Gasteiger partial charge in [0.25, 0.3) is 0 Å². The lowest BCUT2D eigenvalue weighted by Crippen LogP contribution is -2.45. The molecule has 1 saturated heterocycles. The third-order valence-corrected chi connectivity index (χ3v) is 3.15. The van der Waals surface area contributed by atoms with Crippen molar-refractivity contribution in [1.29, 1.82) is 0 Å². The molecular weight excluding hydrogens is 214 g/mol. The molecule has 2 rings (SSSR count). The molecule has 1 heterocycles. The molecule has 0 aliphatic carbocycles. The highest BCUT2D eigenvalue weighted by Gasteiger charge is 2.27. The number of nitrogens with zero attached hydrogens (tertiary/aromatic N) is 1. The molecule has 1 aliphatic rings. The summed E-state index contributed by atoms with van der Waals surface area (Å²) in [6, 6.07) is 8.32. The van der Waals surface area contributed by atoms with Crippen LogP contribution >= 0.6 is 0 Å². The molecular formula is C14H19NO2. The van der Waals surface area contributed by atoms with Gasteiger partial charge in [0.05, 0.1) is 12.6 Å². The van der Waals surface area contributed by atoms with Gasteiger partial charge in [0.2, 0.25) is 5.91 Å². The molecule has 92 valence electrons. The predicted molar refractivity (Wildman–Crippen MR) is 66.7 cm³/mol. The molecule has 1 amide bonds. The maximum atomic E-state index is 11.4. The first-order valence-electron chi connectivity index (χ1n) is 6.04. The highest BCUT2D eigenvalue weighted by Crippen LogP contribution is 2.25. The Morgan fingerprint density at radius 1 is 1.29 bits per heavy atom. The maximum absolute atomic E-state index is 11.4. The summed E-state index contributed by atoms with van der Waals surface area (Å²) < 4.78 is 5.90. The Kier molecular flexibility index (Phi) is 3.48. The van der Waals surface area contributed by atoms with Gasteiger partial charge in [0.15, 0.2) is 0 Å². The normalized spacial score (nSPS) is 24.8. The van der Waals surface area contributed by atoms with Crippen molar-refractivity contribution < 1.29 is 9.53 Å². The van der Waals surface area contributed by atoms with Crippen LogP contribution in [-0.4, -0.2) is 30.0 Å². The Labute approximate surface area is 102 Å². The van der Waals surface area contributed by atoms with E-state index in [0.717, 1.165) is 5.56 Å². The van der Waals surface area contributed by atoms with Gasteiger partial charge in [-0.2, -0.15) is 0 Å². The summed E-state index contributed by atoms with van der Waals surface area (Å²) in [4.78, 5) is 13.3. The molecule has 3 nitrogen and oxygen atoms in total. The SMILES string of the molecule is CC(=O)N1C[C@H](C)O[C@@H](c2ccc(C)cc2)C1. The molecule has 0 saturated carbocycles. The number of rotatable bonds is 1. The van der Waals surface area contributed by atoms with Crippen LogP contribution in [0.3, 0.4) is 0 Å². The molecule has 0 bridgehead atoms. The fourth-order valence-corrected chi connectivity index (χ4v) is 2.17.